The number of carbonyl (C=O) groups is 1. The molecule has 78 valence electrons. The van der Waals surface area contributed by atoms with Crippen molar-refractivity contribution in [3.63, 3.8) is 0 Å². The molecule has 15 heavy (non-hydrogen) atoms. The summed E-state index contributed by atoms with van der Waals surface area (Å²) in [5, 5.41) is 1.20. The summed E-state index contributed by atoms with van der Waals surface area (Å²) in [5.74, 6) is 0. The van der Waals surface area contributed by atoms with Crippen LogP contribution in [0.3, 0.4) is 0 Å². The molecule has 0 aliphatic carbocycles. The Morgan fingerprint density at radius 3 is 2.87 bits per heavy atom. The van der Waals surface area contributed by atoms with Crippen molar-refractivity contribution in [3.05, 3.63) is 35.5 Å². The summed E-state index contributed by atoms with van der Waals surface area (Å²) < 4.78 is 2.20. The molecule has 0 amide bonds. The van der Waals surface area contributed by atoms with Crippen LogP contribution in [-0.4, -0.2) is 10.9 Å². The van der Waals surface area contributed by atoms with Gasteiger partial charge < -0.3 is 9.36 Å². The van der Waals surface area contributed by atoms with E-state index in [1.54, 1.807) is 0 Å². The first-order chi connectivity index (χ1) is 7.26. The van der Waals surface area contributed by atoms with Crippen LogP contribution >= 0.6 is 0 Å². The van der Waals surface area contributed by atoms with E-state index in [-0.39, 0.29) is 0 Å². The fourth-order valence-corrected chi connectivity index (χ4v) is 1.99. The van der Waals surface area contributed by atoms with Crippen LogP contribution in [0.5, 0.6) is 0 Å². The summed E-state index contributed by atoms with van der Waals surface area (Å²) in [6, 6.07) is 6.37. The van der Waals surface area contributed by atoms with Gasteiger partial charge in [-0.1, -0.05) is 12.1 Å². The third-order valence-corrected chi connectivity index (χ3v) is 2.76. The first kappa shape index (κ1) is 9.97. The van der Waals surface area contributed by atoms with E-state index in [9.17, 15) is 4.79 Å². The Bertz CT molecular complexity index is 496. The van der Waals surface area contributed by atoms with Crippen molar-refractivity contribution in [3.8, 4) is 0 Å². The van der Waals surface area contributed by atoms with Crippen molar-refractivity contribution in [2.75, 3.05) is 0 Å². The molecule has 1 heterocycles. The van der Waals surface area contributed by atoms with Gasteiger partial charge >= 0.3 is 0 Å². The van der Waals surface area contributed by atoms with Crippen molar-refractivity contribution < 1.29 is 4.79 Å². The molecule has 0 N–H and O–H groups in total. The van der Waals surface area contributed by atoms with Crippen molar-refractivity contribution in [2.24, 2.45) is 0 Å². The molecule has 0 unspecified atom stereocenters. The monoisotopic (exact) mass is 201 g/mol. The highest BCUT2D eigenvalue weighted by Gasteiger charge is 2.06. The van der Waals surface area contributed by atoms with E-state index < -0.39 is 0 Å². The van der Waals surface area contributed by atoms with Gasteiger partial charge in [0.25, 0.3) is 0 Å². The summed E-state index contributed by atoms with van der Waals surface area (Å²) in [6.07, 6.45) is 3.56. The Morgan fingerprint density at radius 2 is 2.20 bits per heavy atom. The van der Waals surface area contributed by atoms with Gasteiger partial charge in [0.1, 0.15) is 6.29 Å². The Kier molecular flexibility index (Phi) is 2.58. The fourth-order valence-electron chi connectivity index (χ4n) is 1.99. The lowest BCUT2D eigenvalue weighted by Crippen LogP contribution is -1.90. The number of benzene rings is 1. The molecule has 1 aromatic carbocycles. The second kappa shape index (κ2) is 3.89. The number of rotatable bonds is 3. The molecule has 0 saturated carbocycles. The third-order valence-electron chi connectivity index (χ3n) is 2.76. The molecule has 0 aliphatic rings. The Labute approximate surface area is 89.5 Å². The largest absolute Gasteiger partial charge is 0.347 e. The van der Waals surface area contributed by atoms with Gasteiger partial charge in [-0.2, -0.15) is 0 Å². The molecular weight excluding hydrogens is 186 g/mol. The molecule has 0 atom stereocenters. The molecule has 0 fully saturated rings. The van der Waals surface area contributed by atoms with Gasteiger partial charge in [0.2, 0.25) is 0 Å². The summed E-state index contributed by atoms with van der Waals surface area (Å²) in [4.78, 5) is 10.6. The standard InChI is InChI=1S/C13H15NO/c1-3-14-9-11(6-7-15)12-5-4-10(2)8-13(12)14/h4-5,7-9H,3,6H2,1-2H3. The Balaban J connectivity index is 2.69. The maximum Gasteiger partial charge on any atom is 0.124 e. The zero-order valence-corrected chi connectivity index (χ0v) is 9.16. The van der Waals surface area contributed by atoms with Gasteiger partial charge in [0.05, 0.1) is 0 Å². The van der Waals surface area contributed by atoms with Gasteiger partial charge in [-0.25, -0.2) is 0 Å². The first-order valence-corrected chi connectivity index (χ1v) is 5.28. The van der Waals surface area contributed by atoms with Crippen LogP contribution in [0.25, 0.3) is 10.9 Å². The summed E-state index contributed by atoms with van der Waals surface area (Å²) >= 11 is 0. The SMILES string of the molecule is CCn1cc(CC=O)c2ccc(C)cc21. The van der Waals surface area contributed by atoms with Crippen LogP contribution < -0.4 is 0 Å². The van der Waals surface area contributed by atoms with E-state index in [0.717, 1.165) is 18.4 Å². The van der Waals surface area contributed by atoms with E-state index in [2.05, 4.69) is 42.8 Å². The lowest BCUT2D eigenvalue weighted by Gasteiger charge is -2.00. The summed E-state index contributed by atoms with van der Waals surface area (Å²) in [7, 11) is 0. The van der Waals surface area contributed by atoms with Crippen molar-refractivity contribution in [1.29, 1.82) is 0 Å². The van der Waals surface area contributed by atoms with Crippen LogP contribution in [0.4, 0.5) is 0 Å². The molecule has 0 aliphatic heterocycles. The van der Waals surface area contributed by atoms with Crippen LogP contribution in [0, 0.1) is 6.92 Å². The van der Waals surface area contributed by atoms with Gasteiger partial charge in [-0.15, -0.1) is 0 Å². The predicted molar refractivity (Wildman–Crippen MR) is 62.1 cm³/mol. The second-order valence-corrected chi connectivity index (χ2v) is 3.83. The zero-order valence-electron chi connectivity index (χ0n) is 9.16. The lowest BCUT2D eigenvalue weighted by molar-refractivity contribution is -0.107. The van der Waals surface area contributed by atoms with E-state index >= 15 is 0 Å². The zero-order chi connectivity index (χ0) is 10.8. The smallest absolute Gasteiger partial charge is 0.124 e. The van der Waals surface area contributed by atoms with Gasteiger partial charge in [0.15, 0.2) is 0 Å². The number of hydrogen-bond donors (Lipinski definition) is 0. The average molecular weight is 201 g/mol. The van der Waals surface area contributed by atoms with E-state index in [0.29, 0.717) is 6.42 Å². The first-order valence-electron chi connectivity index (χ1n) is 5.28. The van der Waals surface area contributed by atoms with Crippen molar-refractivity contribution >= 4 is 17.2 Å². The topological polar surface area (TPSA) is 22.0 Å². The van der Waals surface area contributed by atoms with Crippen LogP contribution in [-0.2, 0) is 17.8 Å². The Morgan fingerprint density at radius 1 is 1.40 bits per heavy atom. The van der Waals surface area contributed by atoms with Crippen LogP contribution in [0.2, 0.25) is 0 Å². The number of hydrogen-bond acceptors (Lipinski definition) is 1. The molecule has 0 bridgehead atoms. The van der Waals surface area contributed by atoms with Crippen LogP contribution in [0.15, 0.2) is 24.4 Å². The number of carbonyl (C=O) groups excluding carboxylic acids is 1. The normalized spacial score (nSPS) is 10.8. The lowest BCUT2D eigenvalue weighted by atomic mass is 10.1. The summed E-state index contributed by atoms with van der Waals surface area (Å²) in [5.41, 5.74) is 3.61. The minimum Gasteiger partial charge on any atom is -0.347 e. The van der Waals surface area contributed by atoms with E-state index in [1.165, 1.54) is 16.5 Å². The fraction of sp³-hybridized carbons (Fsp3) is 0.308. The van der Waals surface area contributed by atoms with Crippen LogP contribution in [0.1, 0.15) is 18.1 Å². The van der Waals surface area contributed by atoms with Gasteiger partial charge in [-0.05, 0) is 31.0 Å². The molecular formula is C13H15NO. The number of aromatic nitrogens is 1. The minimum absolute atomic E-state index is 0.507. The second-order valence-electron chi connectivity index (χ2n) is 3.83. The highest BCUT2D eigenvalue weighted by atomic mass is 16.1. The summed E-state index contributed by atoms with van der Waals surface area (Å²) in [6.45, 7) is 5.15. The molecule has 0 saturated heterocycles. The third kappa shape index (κ3) is 1.67. The molecule has 0 radical (unpaired) electrons. The van der Waals surface area contributed by atoms with Gasteiger partial charge in [0, 0.05) is 30.1 Å². The molecule has 2 rings (SSSR count). The molecule has 1 aromatic heterocycles. The average Bonchev–Trinajstić information content (AvgIpc) is 2.56. The number of nitrogens with zero attached hydrogens (tertiary/aromatic N) is 1. The van der Waals surface area contributed by atoms with Crippen molar-refractivity contribution in [2.45, 2.75) is 26.8 Å². The molecule has 2 nitrogen and oxygen atoms in total. The number of aldehydes is 1. The van der Waals surface area contributed by atoms with E-state index in [4.69, 9.17) is 0 Å². The maximum absolute atomic E-state index is 10.6. The number of fused-ring (bicyclic) bond motifs is 1. The van der Waals surface area contributed by atoms with Crippen molar-refractivity contribution in [1.82, 2.24) is 4.57 Å². The predicted octanol–water partition coefficient (Wildman–Crippen LogP) is 2.71. The van der Waals surface area contributed by atoms with Gasteiger partial charge in [-0.3, -0.25) is 0 Å². The highest BCUT2D eigenvalue weighted by Crippen LogP contribution is 2.22. The number of aryl methyl sites for hydroxylation is 2. The maximum atomic E-state index is 10.6. The molecule has 0 spiro atoms. The quantitative estimate of drug-likeness (QED) is 0.700. The molecule has 2 aromatic rings. The minimum atomic E-state index is 0.507. The highest BCUT2D eigenvalue weighted by molar-refractivity contribution is 5.86. The Hall–Kier alpha value is -1.57. The van der Waals surface area contributed by atoms with E-state index in [1.807, 2.05) is 0 Å². The molecule has 2 heteroatoms.